The number of halogens is 2. The Morgan fingerprint density at radius 1 is 1.33 bits per heavy atom. The molecule has 12 heavy (non-hydrogen) atoms. The summed E-state index contributed by atoms with van der Waals surface area (Å²) in [5.74, 6) is 0. The monoisotopic (exact) mass is 389 g/mol. The zero-order valence-electron chi connectivity index (χ0n) is 6.17. The Morgan fingerprint density at radius 3 is 2.33 bits per heavy atom. The van der Waals surface area contributed by atoms with Crippen LogP contribution in [0.3, 0.4) is 0 Å². The van der Waals surface area contributed by atoms with E-state index in [0.29, 0.717) is 5.56 Å². The van der Waals surface area contributed by atoms with Gasteiger partial charge in [-0.25, -0.2) is 0 Å². The zero-order valence-corrected chi connectivity index (χ0v) is 10.5. The summed E-state index contributed by atoms with van der Waals surface area (Å²) in [6, 6.07) is 3.41. The molecule has 0 fully saturated rings. The highest BCUT2D eigenvalue weighted by molar-refractivity contribution is 14.1. The summed E-state index contributed by atoms with van der Waals surface area (Å²) in [4.78, 5) is 10.1. The first-order chi connectivity index (χ1) is 5.52. The van der Waals surface area contributed by atoms with Crippen molar-refractivity contribution in [3.05, 3.63) is 35.0 Å². The van der Waals surface area contributed by atoms with E-state index < -0.39 is 0 Å². The summed E-state index contributed by atoms with van der Waals surface area (Å²) < 4.78 is 1.97. The van der Waals surface area contributed by atoms with Gasteiger partial charge in [-0.3, -0.25) is 10.1 Å². The Hall–Kier alpha value is 0.0800. The normalized spacial score (nSPS) is 9.92. The van der Waals surface area contributed by atoms with Gasteiger partial charge in [0.05, 0.1) is 4.92 Å². The summed E-state index contributed by atoms with van der Waals surface area (Å²) in [5.41, 5.74) is 0.907. The Kier molecular flexibility index (Phi) is 3.27. The van der Waals surface area contributed by atoms with Gasteiger partial charge in [0.2, 0.25) is 0 Å². The predicted octanol–water partition coefficient (Wildman–Crippen LogP) is 3.11. The Balaban J connectivity index is 3.33. The van der Waals surface area contributed by atoms with E-state index in [1.165, 1.54) is 0 Å². The molecule has 0 N–H and O–H groups in total. The average molecular weight is 389 g/mol. The molecule has 0 aliphatic rings. The fourth-order valence-corrected chi connectivity index (χ4v) is 1.91. The van der Waals surface area contributed by atoms with Crippen LogP contribution in [0, 0.1) is 24.2 Å². The number of hydrogen-bond donors (Lipinski definition) is 0. The first kappa shape index (κ1) is 10.2. The summed E-state index contributed by atoms with van der Waals surface area (Å²) in [6.45, 7) is 1.75. The van der Waals surface area contributed by atoms with E-state index in [4.69, 9.17) is 0 Å². The molecule has 0 heterocycles. The number of nitro benzene ring substituents is 1. The molecule has 0 radical (unpaired) electrons. The van der Waals surface area contributed by atoms with Gasteiger partial charge in [0.1, 0.15) is 0 Å². The molecule has 1 aromatic carbocycles. The smallest absolute Gasteiger partial charge is 0.258 e. The Morgan fingerprint density at radius 2 is 1.83 bits per heavy atom. The first-order valence-electron chi connectivity index (χ1n) is 3.12. The third-order valence-corrected chi connectivity index (χ3v) is 4.25. The predicted molar refractivity (Wildman–Crippen MR) is 63.3 cm³/mol. The molecule has 0 aliphatic heterocycles. The second-order valence-corrected chi connectivity index (χ2v) is 4.63. The lowest BCUT2D eigenvalue weighted by molar-refractivity contribution is -0.385. The molecule has 0 aliphatic carbocycles. The van der Waals surface area contributed by atoms with Crippen molar-refractivity contribution in [2.45, 2.75) is 6.92 Å². The van der Waals surface area contributed by atoms with Gasteiger partial charge in [-0.2, -0.15) is 0 Å². The number of rotatable bonds is 1. The second kappa shape index (κ2) is 3.86. The van der Waals surface area contributed by atoms with Crippen molar-refractivity contribution >= 4 is 50.9 Å². The van der Waals surface area contributed by atoms with Crippen LogP contribution in [0.25, 0.3) is 0 Å². The standard InChI is InChI=1S/C7H5I2NO2/c1-4-2-5(8)6(9)3-7(4)10(11)12/h2-3H,1H3. The molecule has 0 spiro atoms. The molecule has 1 aromatic rings. The lowest BCUT2D eigenvalue weighted by Gasteiger charge is -1.99. The molecule has 0 bridgehead atoms. The highest BCUT2D eigenvalue weighted by Gasteiger charge is 2.12. The van der Waals surface area contributed by atoms with E-state index in [1.54, 1.807) is 13.0 Å². The van der Waals surface area contributed by atoms with Crippen molar-refractivity contribution in [3.8, 4) is 0 Å². The van der Waals surface area contributed by atoms with Gasteiger partial charge in [0, 0.05) is 18.8 Å². The maximum Gasteiger partial charge on any atom is 0.273 e. The van der Waals surface area contributed by atoms with Crippen molar-refractivity contribution in [2.24, 2.45) is 0 Å². The van der Waals surface area contributed by atoms with Crippen LogP contribution in [-0.4, -0.2) is 4.92 Å². The van der Waals surface area contributed by atoms with E-state index in [2.05, 4.69) is 45.2 Å². The number of benzene rings is 1. The first-order valence-corrected chi connectivity index (χ1v) is 5.28. The summed E-state index contributed by atoms with van der Waals surface area (Å²) in [7, 11) is 0. The molecule has 1 rings (SSSR count). The molecule has 64 valence electrons. The summed E-state index contributed by atoms with van der Waals surface area (Å²) in [5, 5.41) is 10.5. The topological polar surface area (TPSA) is 43.1 Å². The van der Waals surface area contributed by atoms with Crippen LogP contribution in [0.1, 0.15) is 5.56 Å². The second-order valence-electron chi connectivity index (χ2n) is 2.31. The van der Waals surface area contributed by atoms with Gasteiger partial charge in [0.15, 0.2) is 0 Å². The van der Waals surface area contributed by atoms with Gasteiger partial charge < -0.3 is 0 Å². The molecule has 0 atom stereocenters. The quantitative estimate of drug-likeness (QED) is 0.421. The number of hydrogen-bond acceptors (Lipinski definition) is 2. The molecule has 0 saturated heterocycles. The Bertz CT molecular complexity index is 338. The highest BCUT2D eigenvalue weighted by atomic mass is 127. The maximum atomic E-state index is 10.5. The van der Waals surface area contributed by atoms with Gasteiger partial charge in [-0.05, 0) is 58.2 Å². The fourth-order valence-electron chi connectivity index (χ4n) is 0.832. The molecule has 5 heteroatoms. The molecule has 0 unspecified atom stereocenters. The van der Waals surface area contributed by atoms with E-state index in [1.807, 2.05) is 6.07 Å². The van der Waals surface area contributed by atoms with E-state index in [0.717, 1.165) is 7.14 Å². The van der Waals surface area contributed by atoms with Gasteiger partial charge in [-0.15, -0.1) is 0 Å². The summed E-state index contributed by atoms with van der Waals surface area (Å²) >= 11 is 4.25. The zero-order chi connectivity index (χ0) is 9.30. The van der Waals surface area contributed by atoms with Gasteiger partial charge in [-0.1, -0.05) is 0 Å². The third kappa shape index (κ3) is 2.06. The molecular weight excluding hydrogens is 384 g/mol. The largest absolute Gasteiger partial charge is 0.273 e. The van der Waals surface area contributed by atoms with Crippen LogP contribution in [-0.2, 0) is 0 Å². The van der Waals surface area contributed by atoms with Crippen molar-refractivity contribution in [1.82, 2.24) is 0 Å². The van der Waals surface area contributed by atoms with Crippen LogP contribution >= 0.6 is 45.2 Å². The minimum Gasteiger partial charge on any atom is -0.258 e. The molecule has 0 aromatic heterocycles. The van der Waals surface area contributed by atoms with Crippen LogP contribution < -0.4 is 0 Å². The van der Waals surface area contributed by atoms with Crippen LogP contribution in [0.4, 0.5) is 5.69 Å². The fraction of sp³-hybridized carbons (Fsp3) is 0.143. The van der Waals surface area contributed by atoms with Gasteiger partial charge in [0.25, 0.3) is 5.69 Å². The van der Waals surface area contributed by atoms with E-state index >= 15 is 0 Å². The van der Waals surface area contributed by atoms with E-state index in [9.17, 15) is 10.1 Å². The average Bonchev–Trinajstić information content (AvgIpc) is 1.96. The molecule has 0 saturated carbocycles. The summed E-state index contributed by atoms with van der Waals surface area (Å²) in [6.07, 6.45) is 0. The lowest BCUT2D eigenvalue weighted by atomic mass is 10.2. The van der Waals surface area contributed by atoms with Crippen LogP contribution in [0.2, 0.25) is 0 Å². The van der Waals surface area contributed by atoms with Gasteiger partial charge >= 0.3 is 0 Å². The van der Waals surface area contributed by atoms with Crippen molar-refractivity contribution in [2.75, 3.05) is 0 Å². The Labute approximate surface area is 97.0 Å². The minimum atomic E-state index is -0.354. The van der Waals surface area contributed by atoms with Crippen LogP contribution in [0.5, 0.6) is 0 Å². The molecule has 3 nitrogen and oxygen atoms in total. The van der Waals surface area contributed by atoms with Crippen molar-refractivity contribution in [3.63, 3.8) is 0 Å². The number of nitro groups is 1. The lowest BCUT2D eigenvalue weighted by Crippen LogP contribution is -1.93. The SMILES string of the molecule is Cc1cc(I)c(I)cc1[N+](=O)[O-]. The van der Waals surface area contributed by atoms with E-state index in [-0.39, 0.29) is 10.6 Å². The number of nitrogens with zero attached hydrogens (tertiary/aromatic N) is 1. The van der Waals surface area contributed by atoms with Crippen molar-refractivity contribution in [1.29, 1.82) is 0 Å². The molecule has 0 amide bonds. The third-order valence-electron chi connectivity index (χ3n) is 1.44. The van der Waals surface area contributed by atoms with Crippen LogP contribution in [0.15, 0.2) is 12.1 Å². The minimum absolute atomic E-state index is 0.194. The van der Waals surface area contributed by atoms with Crippen molar-refractivity contribution < 1.29 is 4.92 Å². The maximum absolute atomic E-state index is 10.5. The highest BCUT2D eigenvalue weighted by Crippen LogP contribution is 2.24. The number of aryl methyl sites for hydroxylation is 1. The molecular formula is C7H5I2NO2.